The monoisotopic (exact) mass is 583 g/mol. The first-order valence-corrected chi connectivity index (χ1v) is 14.1. The highest BCUT2D eigenvalue weighted by Crippen LogP contribution is 2.29. The molecular formula is C33H34FN5O4. The van der Waals surface area contributed by atoms with Gasteiger partial charge in [0.25, 0.3) is 11.7 Å². The number of hydrogen-bond acceptors (Lipinski definition) is 7. The number of Topliss-reactive ketones (excluding diaryl/α,β-unsaturated/α-hetero) is 1. The molecule has 1 fully saturated rings. The maximum Gasteiger partial charge on any atom is 0.325 e. The van der Waals surface area contributed by atoms with Gasteiger partial charge < -0.3 is 24.4 Å². The van der Waals surface area contributed by atoms with Crippen molar-refractivity contribution in [3.8, 4) is 11.1 Å². The lowest BCUT2D eigenvalue weighted by molar-refractivity contribution is -0.141. The number of esters is 1. The number of piperazine rings is 1. The summed E-state index contributed by atoms with van der Waals surface area (Å²) in [5, 5.41) is 2.43. The second-order valence-electron chi connectivity index (χ2n) is 10.6. The number of ketones is 1. The van der Waals surface area contributed by atoms with Crippen LogP contribution in [0.4, 0.5) is 21.6 Å². The van der Waals surface area contributed by atoms with E-state index in [2.05, 4.69) is 26.2 Å². The standard InChI is InChI=1S/C33H34FN5O4/c1-21-16-22(2)35-29(17-21)38-14-12-37(13-15-38)25-10-11-28(27(34)19-25)36-33(42)32(41)31-26(24-8-6-5-7-9-24)18-23(3)39(31)20-30(40)43-4/h5-11,16-19H,12-15,20H2,1-4H3,(H,36,42). The molecule has 4 aromatic rings. The molecule has 0 aliphatic carbocycles. The van der Waals surface area contributed by atoms with Crippen molar-refractivity contribution >= 4 is 34.9 Å². The molecule has 1 aliphatic rings. The van der Waals surface area contributed by atoms with Crippen LogP contribution in [0.5, 0.6) is 0 Å². The Labute approximate surface area is 249 Å². The van der Waals surface area contributed by atoms with E-state index in [0.717, 1.165) is 30.2 Å². The number of aromatic nitrogens is 2. The van der Waals surface area contributed by atoms with Gasteiger partial charge in [0, 0.05) is 48.8 Å². The lowest BCUT2D eigenvalue weighted by atomic mass is 10.0. The fourth-order valence-electron chi connectivity index (χ4n) is 5.42. The number of hydrogen-bond donors (Lipinski definition) is 1. The number of halogens is 1. The van der Waals surface area contributed by atoms with Gasteiger partial charge >= 0.3 is 5.97 Å². The molecule has 1 N–H and O–H groups in total. The number of anilines is 3. The summed E-state index contributed by atoms with van der Waals surface area (Å²) in [6, 6.07) is 19.5. The van der Waals surface area contributed by atoms with Gasteiger partial charge in [-0.2, -0.15) is 0 Å². The second-order valence-corrected chi connectivity index (χ2v) is 10.6. The molecule has 9 nitrogen and oxygen atoms in total. The van der Waals surface area contributed by atoms with E-state index < -0.39 is 23.5 Å². The van der Waals surface area contributed by atoms with Crippen molar-refractivity contribution in [2.75, 3.05) is 48.4 Å². The second kappa shape index (κ2) is 12.5. The zero-order chi connectivity index (χ0) is 30.7. The van der Waals surface area contributed by atoms with Gasteiger partial charge in [0.05, 0.1) is 12.8 Å². The van der Waals surface area contributed by atoms with Crippen LogP contribution in [-0.2, 0) is 20.9 Å². The predicted molar refractivity (Wildman–Crippen MR) is 164 cm³/mol. The first-order valence-electron chi connectivity index (χ1n) is 14.1. The maximum absolute atomic E-state index is 15.3. The summed E-state index contributed by atoms with van der Waals surface area (Å²) in [5.74, 6) is -2.19. The van der Waals surface area contributed by atoms with Gasteiger partial charge in [-0.3, -0.25) is 14.4 Å². The van der Waals surface area contributed by atoms with Crippen molar-refractivity contribution in [2.45, 2.75) is 27.3 Å². The number of carbonyl (C=O) groups excluding carboxylic acids is 3. The molecule has 0 spiro atoms. The molecule has 5 rings (SSSR count). The van der Waals surface area contributed by atoms with Crippen LogP contribution in [0.3, 0.4) is 0 Å². The van der Waals surface area contributed by atoms with E-state index >= 15 is 4.39 Å². The summed E-state index contributed by atoms with van der Waals surface area (Å²) in [4.78, 5) is 47.8. The highest BCUT2D eigenvalue weighted by Gasteiger charge is 2.28. The molecule has 222 valence electrons. The SMILES string of the molecule is COC(=O)Cn1c(C)cc(-c2ccccc2)c1C(=O)C(=O)Nc1ccc(N2CCN(c3cc(C)cc(C)n3)CC2)cc1F. The normalized spacial score (nSPS) is 13.1. The summed E-state index contributed by atoms with van der Waals surface area (Å²) in [6.07, 6.45) is 0. The van der Waals surface area contributed by atoms with Gasteiger partial charge in [0.2, 0.25) is 0 Å². The minimum absolute atomic E-state index is 0.0276. The van der Waals surface area contributed by atoms with Crippen molar-refractivity contribution < 1.29 is 23.5 Å². The molecule has 0 radical (unpaired) electrons. The molecule has 0 saturated carbocycles. The topological polar surface area (TPSA) is 96.8 Å². The third-order valence-electron chi connectivity index (χ3n) is 7.58. The van der Waals surface area contributed by atoms with Gasteiger partial charge in [0.1, 0.15) is 23.9 Å². The Hall–Kier alpha value is -4.99. The fourth-order valence-corrected chi connectivity index (χ4v) is 5.42. The van der Waals surface area contributed by atoms with E-state index in [1.54, 1.807) is 19.1 Å². The van der Waals surface area contributed by atoms with Crippen molar-refractivity contribution in [1.82, 2.24) is 9.55 Å². The van der Waals surface area contributed by atoms with Crippen LogP contribution in [-0.4, -0.2) is 60.5 Å². The molecule has 1 saturated heterocycles. The molecule has 0 atom stereocenters. The third-order valence-corrected chi connectivity index (χ3v) is 7.58. The van der Waals surface area contributed by atoms with Crippen molar-refractivity contribution in [1.29, 1.82) is 0 Å². The number of ether oxygens (including phenoxy) is 1. The minimum atomic E-state index is -1.01. The van der Waals surface area contributed by atoms with Crippen LogP contribution in [0.1, 0.15) is 27.4 Å². The van der Waals surface area contributed by atoms with E-state index in [4.69, 9.17) is 4.74 Å². The van der Waals surface area contributed by atoms with Gasteiger partial charge in [-0.1, -0.05) is 30.3 Å². The fraction of sp³-hybridized carbons (Fsp3) is 0.273. The first kappa shape index (κ1) is 29.5. The van der Waals surface area contributed by atoms with Crippen molar-refractivity contribution in [2.24, 2.45) is 0 Å². The zero-order valence-corrected chi connectivity index (χ0v) is 24.7. The third kappa shape index (κ3) is 6.43. The number of carbonyl (C=O) groups is 3. The summed E-state index contributed by atoms with van der Waals surface area (Å²) >= 11 is 0. The lowest BCUT2D eigenvalue weighted by Gasteiger charge is -2.37. The largest absolute Gasteiger partial charge is 0.468 e. The zero-order valence-electron chi connectivity index (χ0n) is 24.7. The van der Waals surface area contributed by atoms with Crippen LogP contribution in [0.25, 0.3) is 11.1 Å². The number of nitrogens with zero attached hydrogens (tertiary/aromatic N) is 4. The molecule has 0 unspecified atom stereocenters. The highest BCUT2D eigenvalue weighted by atomic mass is 19.1. The maximum atomic E-state index is 15.3. The molecule has 2 aromatic carbocycles. The molecule has 0 bridgehead atoms. The number of methoxy groups -OCH3 is 1. The molecule has 1 amide bonds. The van der Waals surface area contributed by atoms with Gasteiger partial charge in [-0.15, -0.1) is 0 Å². The molecule has 2 aromatic heterocycles. The van der Waals surface area contributed by atoms with E-state index in [1.165, 1.54) is 23.8 Å². The first-order chi connectivity index (χ1) is 20.6. The smallest absolute Gasteiger partial charge is 0.325 e. The van der Waals surface area contributed by atoms with E-state index in [1.807, 2.05) is 50.2 Å². The quantitative estimate of drug-likeness (QED) is 0.178. The average Bonchev–Trinajstić information content (AvgIpc) is 3.32. The van der Waals surface area contributed by atoms with Gasteiger partial charge in [0.15, 0.2) is 0 Å². The Bertz CT molecular complexity index is 1660. The number of benzene rings is 2. The summed E-state index contributed by atoms with van der Waals surface area (Å²) in [7, 11) is 1.25. The number of aryl methyl sites for hydroxylation is 3. The molecule has 43 heavy (non-hydrogen) atoms. The van der Waals surface area contributed by atoms with Crippen molar-refractivity contribution in [3.05, 3.63) is 95.2 Å². The van der Waals surface area contributed by atoms with Crippen LogP contribution >= 0.6 is 0 Å². The predicted octanol–water partition coefficient (Wildman–Crippen LogP) is 4.94. The summed E-state index contributed by atoms with van der Waals surface area (Å²) in [6.45, 7) is 8.34. The van der Waals surface area contributed by atoms with Crippen LogP contribution < -0.4 is 15.1 Å². The molecule has 10 heteroatoms. The number of nitrogens with one attached hydrogen (secondary N) is 1. The molecular weight excluding hydrogens is 549 g/mol. The van der Waals surface area contributed by atoms with Crippen LogP contribution in [0, 0.1) is 26.6 Å². The average molecular weight is 584 g/mol. The van der Waals surface area contributed by atoms with Crippen LogP contribution in [0.2, 0.25) is 0 Å². The van der Waals surface area contributed by atoms with Gasteiger partial charge in [-0.05, 0) is 68.3 Å². The molecule has 3 heterocycles. The minimum Gasteiger partial charge on any atom is -0.468 e. The van der Waals surface area contributed by atoms with Crippen LogP contribution in [0.15, 0.2) is 66.7 Å². The number of amides is 1. The Balaban J connectivity index is 1.32. The number of rotatable bonds is 8. The van der Waals surface area contributed by atoms with E-state index in [-0.39, 0.29) is 17.9 Å². The Morgan fingerprint density at radius 2 is 1.60 bits per heavy atom. The Morgan fingerprint density at radius 3 is 2.26 bits per heavy atom. The highest BCUT2D eigenvalue weighted by molar-refractivity contribution is 6.47. The van der Waals surface area contributed by atoms with E-state index in [0.29, 0.717) is 35.6 Å². The Kier molecular flexibility index (Phi) is 8.56. The summed E-state index contributed by atoms with van der Waals surface area (Å²) < 4.78 is 21.5. The molecule has 1 aliphatic heterocycles. The Morgan fingerprint density at radius 1 is 0.907 bits per heavy atom. The van der Waals surface area contributed by atoms with Crippen molar-refractivity contribution in [3.63, 3.8) is 0 Å². The van der Waals surface area contributed by atoms with Gasteiger partial charge in [-0.25, -0.2) is 9.37 Å². The number of pyridine rings is 1. The summed E-state index contributed by atoms with van der Waals surface area (Å²) in [5.41, 5.74) is 4.53. The van der Waals surface area contributed by atoms with E-state index in [9.17, 15) is 14.4 Å². The lowest BCUT2D eigenvalue weighted by Crippen LogP contribution is -2.47.